The minimum absolute atomic E-state index is 0.555. The van der Waals surface area contributed by atoms with Crippen LogP contribution in [0.2, 0.25) is 0 Å². The van der Waals surface area contributed by atoms with E-state index >= 15 is 0 Å². The quantitative estimate of drug-likeness (QED) is 0.705. The van der Waals surface area contributed by atoms with Gasteiger partial charge in [0.2, 0.25) is 0 Å². The third-order valence-electron chi connectivity index (χ3n) is 1.76. The van der Waals surface area contributed by atoms with Gasteiger partial charge in [0.05, 0.1) is 0 Å². The molecule has 0 bridgehead atoms. The van der Waals surface area contributed by atoms with Crippen LogP contribution in [0, 0.1) is 0 Å². The molecule has 0 aromatic carbocycles. The average Bonchev–Trinajstić information content (AvgIpc) is 1.83. The number of hydrogen-bond acceptors (Lipinski definition) is 4. The summed E-state index contributed by atoms with van der Waals surface area (Å²) in [6.45, 7) is 6.10. The molecule has 0 amide bonds. The molecule has 0 N–H and O–H groups in total. The summed E-state index contributed by atoms with van der Waals surface area (Å²) < 4.78 is 45.4. The van der Waals surface area contributed by atoms with Crippen LogP contribution in [0.5, 0.6) is 0 Å². The normalized spacial score (nSPS) is 13.4. The van der Waals surface area contributed by atoms with Gasteiger partial charge < -0.3 is 0 Å². The van der Waals surface area contributed by atoms with Gasteiger partial charge in [-0.2, -0.15) is 0 Å². The van der Waals surface area contributed by atoms with E-state index in [2.05, 4.69) is 0 Å². The van der Waals surface area contributed by atoms with Crippen molar-refractivity contribution in [2.75, 3.05) is 0 Å². The predicted octanol–water partition coefficient (Wildman–Crippen LogP) is 0.545. The van der Waals surface area contributed by atoms with Gasteiger partial charge in [-0.25, -0.2) is 0 Å². The summed E-state index contributed by atoms with van der Waals surface area (Å²) in [5, 5.41) is -1.11. The van der Waals surface area contributed by atoms with E-state index in [-0.39, 0.29) is 0 Å². The van der Waals surface area contributed by atoms with Gasteiger partial charge in [0, 0.05) is 0 Å². The van der Waals surface area contributed by atoms with E-state index in [9.17, 15) is 16.8 Å². The zero-order valence-corrected chi connectivity index (χ0v) is 12.9. The van der Waals surface area contributed by atoms with Crippen molar-refractivity contribution in [2.24, 2.45) is 0 Å². The average molecular weight is 280 g/mol. The molecule has 0 spiro atoms. The molecule has 0 fully saturated rings. The van der Waals surface area contributed by atoms with E-state index in [4.69, 9.17) is 0 Å². The fourth-order valence-corrected chi connectivity index (χ4v) is 23.4. The van der Waals surface area contributed by atoms with Gasteiger partial charge in [-0.3, -0.25) is 0 Å². The molecule has 7 heteroatoms. The van der Waals surface area contributed by atoms with Gasteiger partial charge in [-0.15, -0.1) is 0 Å². The van der Waals surface area contributed by atoms with E-state index in [1.807, 2.05) is 0 Å². The molecular weight excluding hydrogens is 266 g/mol. The zero-order chi connectivity index (χ0) is 10.9. The van der Waals surface area contributed by atoms with Crippen molar-refractivity contribution in [2.45, 2.75) is 38.2 Å². The summed E-state index contributed by atoms with van der Waals surface area (Å²) in [6, 6.07) is 0. The van der Waals surface area contributed by atoms with Crippen molar-refractivity contribution < 1.29 is 31.5 Å². The number of hydrogen-bond donors (Lipinski definition) is 0. The minimum atomic E-state index is -3.30. The summed E-state index contributed by atoms with van der Waals surface area (Å²) in [5.41, 5.74) is 0. The molecule has 0 heterocycles. The first-order valence-corrected chi connectivity index (χ1v) is 14.7. The molecule has 0 atom stereocenters. The molecule has 0 rings (SSSR count). The first-order valence-electron chi connectivity index (χ1n) is 4.02. The molecule has 0 unspecified atom stereocenters. The Morgan fingerprint density at radius 1 is 0.769 bits per heavy atom. The van der Waals surface area contributed by atoms with E-state index in [0.29, 0.717) is 0 Å². The van der Waals surface area contributed by atoms with E-state index in [1.165, 1.54) is 27.7 Å². The van der Waals surface area contributed by atoms with Crippen LogP contribution in [0.3, 0.4) is 0 Å². The summed E-state index contributed by atoms with van der Waals surface area (Å²) in [6.07, 6.45) is 0. The van der Waals surface area contributed by atoms with Crippen LogP contribution in [0.4, 0.5) is 0 Å². The van der Waals surface area contributed by atoms with Crippen LogP contribution in [-0.2, 0) is 30.3 Å². The van der Waals surface area contributed by atoms with Gasteiger partial charge in [0.25, 0.3) is 0 Å². The first-order chi connectivity index (χ1) is 5.59. The Morgan fingerprint density at radius 2 is 1.00 bits per heavy atom. The summed E-state index contributed by atoms with van der Waals surface area (Å²) >= 11 is -2.55. The topological polar surface area (TPSA) is 68.3 Å². The van der Waals surface area contributed by atoms with Crippen LogP contribution in [-0.4, -0.2) is 27.3 Å². The van der Waals surface area contributed by atoms with Crippen LogP contribution in [0.15, 0.2) is 0 Å². The second-order valence-electron chi connectivity index (χ2n) is 3.54. The van der Waals surface area contributed by atoms with Crippen molar-refractivity contribution in [1.29, 1.82) is 0 Å². The second kappa shape index (κ2) is 4.36. The van der Waals surface area contributed by atoms with Crippen molar-refractivity contribution in [3.8, 4) is 0 Å². The third-order valence-corrected chi connectivity index (χ3v) is 28.1. The number of rotatable bonds is 4. The standard InChI is InChI=1S/2C3H7O2S.Zn/c2*1-3(2)6(4)5;/h2*3H,1-2H3;. The van der Waals surface area contributed by atoms with Gasteiger partial charge in [-0.05, 0) is 0 Å². The maximum atomic E-state index is 11.4. The van der Waals surface area contributed by atoms with E-state index in [1.54, 1.807) is 0 Å². The fourth-order valence-electron chi connectivity index (χ4n) is 0.501. The van der Waals surface area contributed by atoms with Crippen molar-refractivity contribution >= 4 is 15.7 Å². The summed E-state index contributed by atoms with van der Waals surface area (Å²) in [5.74, 6) is 0. The van der Waals surface area contributed by atoms with E-state index in [0.717, 1.165) is 0 Å². The molecule has 0 aliphatic carbocycles. The molecular formula is C6H14O4S2Zn. The third kappa shape index (κ3) is 4.04. The second-order valence-corrected chi connectivity index (χ2v) is 23.6. The summed E-state index contributed by atoms with van der Waals surface area (Å²) in [7, 11) is -6.60. The Labute approximate surface area is 85.2 Å². The molecule has 4 nitrogen and oxygen atoms in total. The van der Waals surface area contributed by atoms with Crippen LogP contribution >= 0.6 is 0 Å². The van der Waals surface area contributed by atoms with Crippen molar-refractivity contribution in [3.05, 3.63) is 0 Å². The van der Waals surface area contributed by atoms with Crippen molar-refractivity contribution in [3.63, 3.8) is 0 Å². The Balaban J connectivity index is 4.86. The van der Waals surface area contributed by atoms with Gasteiger partial charge in [-0.1, -0.05) is 0 Å². The Bertz CT molecular complexity index is 316. The van der Waals surface area contributed by atoms with E-state index < -0.39 is 40.8 Å². The molecule has 0 saturated carbocycles. The predicted molar refractivity (Wildman–Crippen MR) is 48.1 cm³/mol. The maximum absolute atomic E-state index is 11.4. The Morgan fingerprint density at radius 3 is 1.15 bits per heavy atom. The van der Waals surface area contributed by atoms with Crippen LogP contribution < -0.4 is 0 Å². The SMILES string of the molecule is CC(C)[S](=O)(=O)[Zn][S](=O)(=O)C(C)C. The van der Waals surface area contributed by atoms with Crippen molar-refractivity contribution in [1.82, 2.24) is 0 Å². The van der Waals surface area contributed by atoms with Gasteiger partial charge in [0.15, 0.2) is 0 Å². The molecule has 0 aliphatic heterocycles. The monoisotopic (exact) mass is 278 g/mol. The fraction of sp³-hybridized carbons (Fsp3) is 1.00. The molecule has 0 saturated heterocycles. The molecule has 76 valence electrons. The first kappa shape index (κ1) is 13.5. The summed E-state index contributed by atoms with van der Waals surface area (Å²) in [4.78, 5) is 0. The van der Waals surface area contributed by atoms with Crippen LogP contribution in [0.1, 0.15) is 27.7 Å². The van der Waals surface area contributed by atoms with Gasteiger partial charge in [0.1, 0.15) is 0 Å². The Hall–Kier alpha value is 0.523. The molecule has 0 aromatic heterocycles. The molecule has 0 aliphatic rings. The van der Waals surface area contributed by atoms with Crippen LogP contribution in [0.25, 0.3) is 0 Å². The molecule has 13 heavy (non-hydrogen) atoms. The van der Waals surface area contributed by atoms with Gasteiger partial charge >= 0.3 is 85.4 Å². The molecule has 0 radical (unpaired) electrons. The Kier molecular flexibility index (Phi) is 4.54. The molecule has 0 aromatic rings. The zero-order valence-electron chi connectivity index (χ0n) is 8.31.